The lowest BCUT2D eigenvalue weighted by Crippen LogP contribution is -2.25. The van der Waals surface area contributed by atoms with Crippen molar-refractivity contribution >= 4 is 33.2 Å². The highest BCUT2D eigenvalue weighted by Gasteiger charge is 2.18. The maximum Gasteiger partial charge on any atom is 0.262 e. The number of carbonyl (C=O) groups is 1. The molecule has 0 radical (unpaired) electrons. The molecule has 0 unspecified atom stereocenters. The molecule has 3 rings (SSSR count). The fraction of sp³-hybridized carbons (Fsp3) is 0.0714. The fourth-order valence-electron chi connectivity index (χ4n) is 1.88. The predicted molar refractivity (Wildman–Crippen MR) is 79.2 cm³/mol. The van der Waals surface area contributed by atoms with Gasteiger partial charge in [0.1, 0.15) is 17.3 Å². The van der Waals surface area contributed by atoms with Gasteiger partial charge in [-0.05, 0) is 34.1 Å². The second kappa shape index (κ2) is 5.25. The molecule has 1 aliphatic heterocycles. The largest absolute Gasteiger partial charge is 0.481 e. The standard InChI is InChI=1S/C14H10BrFN2O3/c15-8-3-7(1-2-9(8)16)21-12-5-11-13(4-10(12)17)20-6-14(19)18-11/h1-5H,6,17H2,(H,18,19). The Morgan fingerprint density at radius 2 is 2.14 bits per heavy atom. The Kier molecular flexibility index (Phi) is 3.42. The Labute approximate surface area is 128 Å². The maximum atomic E-state index is 13.2. The SMILES string of the molecule is Nc1cc2c(cc1Oc1ccc(F)c(Br)c1)NC(=O)CO2. The van der Waals surface area contributed by atoms with Crippen LogP contribution in [0.5, 0.6) is 17.2 Å². The number of hydrogen-bond acceptors (Lipinski definition) is 4. The van der Waals surface area contributed by atoms with E-state index in [-0.39, 0.29) is 22.8 Å². The number of benzene rings is 2. The van der Waals surface area contributed by atoms with Gasteiger partial charge in [-0.1, -0.05) is 0 Å². The number of halogens is 2. The summed E-state index contributed by atoms with van der Waals surface area (Å²) in [5.74, 6) is 0.611. The van der Waals surface area contributed by atoms with Crippen LogP contribution >= 0.6 is 15.9 Å². The summed E-state index contributed by atoms with van der Waals surface area (Å²) >= 11 is 3.08. The van der Waals surface area contributed by atoms with Gasteiger partial charge in [0.15, 0.2) is 12.4 Å². The molecule has 0 saturated carbocycles. The third-order valence-corrected chi connectivity index (χ3v) is 3.47. The second-order valence-corrected chi connectivity index (χ2v) is 5.26. The topological polar surface area (TPSA) is 73.6 Å². The maximum absolute atomic E-state index is 13.2. The molecule has 1 heterocycles. The van der Waals surface area contributed by atoms with E-state index in [9.17, 15) is 9.18 Å². The number of ether oxygens (including phenoxy) is 2. The van der Waals surface area contributed by atoms with Crippen LogP contribution in [0.1, 0.15) is 0 Å². The molecule has 108 valence electrons. The highest BCUT2D eigenvalue weighted by Crippen LogP contribution is 2.38. The van der Waals surface area contributed by atoms with Gasteiger partial charge >= 0.3 is 0 Å². The van der Waals surface area contributed by atoms with Crippen molar-refractivity contribution in [3.05, 3.63) is 40.6 Å². The van der Waals surface area contributed by atoms with E-state index in [1.54, 1.807) is 12.1 Å². The average Bonchev–Trinajstić information content (AvgIpc) is 2.44. The Bertz CT molecular complexity index is 736. The first-order valence-corrected chi connectivity index (χ1v) is 6.81. The van der Waals surface area contributed by atoms with Crippen LogP contribution in [0, 0.1) is 5.82 Å². The number of nitrogen functional groups attached to an aromatic ring is 1. The number of anilines is 2. The number of rotatable bonds is 2. The zero-order chi connectivity index (χ0) is 15.0. The summed E-state index contributed by atoms with van der Waals surface area (Å²) in [6.45, 7) is -0.0441. The molecule has 0 aromatic heterocycles. The van der Waals surface area contributed by atoms with E-state index in [1.165, 1.54) is 18.2 Å². The molecular formula is C14H10BrFN2O3. The smallest absolute Gasteiger partial charge is 0.262 e. The Morgan fingerprint density at radius 3 is 2.90 bits per heavy atom. The molecule has 2 aromatic rings. The van der Waals surface area contributed by atoms with Crippen LogP contribution < -0.4 is 20.5 Å². The minimum atomic E-state index is -0.388. The Balaban J connectivity index is 1.93. The fourth-order valence-corrected chi connectivity index (χ4v) is 2.24. The van der Waals surface area contributed by atoms with Gasteiger partial charge in [-0.2, -0.15) is 0 Å². The second-order valence-electron chi connectivity index (χ2n) is 4.40. The average molecular weight is 353 g/mol. The Morgan fingerprint density at radius 1 is 1.33 bits per heavy atom. The van der Waals surface area contributed by atoms with Crippen LogP contribution in [0.25, 0.3) is 0 Å². The van der Waals surface area contributed by atoms with Crippen molar-refractivity contribution in [3.8, 4) is 17.2 Å². The van der Waals surface area contributed by atoms with Gasteiger partial charge < -0.3 is 20.5 Å². The van der Waals surface area contributed by atoms with E-state index in [4.69, 9.17) is 15.2 Å². The number of hydrogen-bond donors (Lipinski definition) is 2. The molecule has 0 bridgehead atoms. The van der Waals surface area contributed by atoms with Crippen LogP contribution in [0.2, 0.25) is 0 Å². The van der Waals surface area contributed by atoms with Gasteiger partial charge in [-0.3, -0.25) is 4.79 Å². The van der Waals surface area contributed by atoms with E-state index in [2.05, 4.69) is 21.2 Å². The van der Waals surface area contributed by atoms with Crippen molar-refractivity contribution in [1.29, 1.82) is 0 Å². The zero-order valence-electron chi connectivity index (χ0n) is 10.7. The van der Waals surface area contributed by atoms with Crippen molar-refractivity contribution in [2.75, 3.05) is 17.7 Å². The number of nitrogens with two attached hydrogens (primary N) is 1. The molecular weight excluding hydrogens is 343 g/mol. The summed E-state index contributed by atoms with van der Waals surface area (Å²) < 4.78 is 24.3. The summed E-state index contributed by atoms with van der Waals surface area (Å²) in [6, 6.07) is 7.39. The molecule has 0 spiro atoms. The lowest BCUT2D eigenvalue weighted by Gasteiger charge is -2.20. The van der Waals surface area contributed by atoms with Gasteiger partial charge in [0, 0.05) is 12.1 Å². The molecule has 1 aliphatic rings. The van der Waals surface area contributed by atoms with Crippen LogP contribution in [-0.4, -0.2) is 12.5 Å². The normalized spacial score (nSPS) is 13.1. The molecule has 0 aliphatic carbocycles. The Hall–Kier alpha value is -2.28. The summed E-state index contributed by atoms with van der Waals surface area (Å²) in [6.07, 6.45) is 0. The number of carbonyl (C=O) groups excluding carboxylic acids is 1. The molecule has 7 heteroatoms. The summed E-state index contributed by atoms with van der Waals surface area (Å²) in [5, 5.41) is 2.67. The molecule has 0 fully saturated rings. The van der Waals surface area contributed by atoms with Crippen LogP contribution in [0.3, 0.4) is 0 Å². The van der Waals surface area contributed by atoms with Crippen molar-refractivity contribution in [3.63, 3.8) is 0 Å². The molecule has 0 atom stereocenters. The molecule has 0 saturated heterocycles. The van der Waals surface area contributed by atoms with E-state index in [0.29, 0.717) is 28.6 Å². The lowest BCUT2D eigenvalue weighted by molar-refractivity contribution is -0.118. The van der Waals surface area contributed by atoms with Gasteiger partial charge in [0.05, 0.1) is 15.8 Å². The highest BCUT2D eigenvalue weighted by atomic mass is 79.9. The summed E-state index contributed by atoms with van der Waals surface area (Å²) in [7, 11) is 0. The van der Waals surface area contributed by atoms with E-state index in [0.717, 1.165) is 0 Å². The number of nitrogens with one attached hydrogen (secondary N) is 1. The van der Waals surface area contributed by atoms with Crippen molar-refractivity contribution in [2.45, 2.75) is 0 Å². The predicted octanol–water partition coefficient (Wildman–Crippen LogP) is 3.29. The van der Waals surface area contributed by atoms with Gasteiger partial charge in [0.25, 0.3) is 5.91 Å². The first-order valence-electron chi connectivity index (χ1n) is 6.02. The zero-order valence-corrected chi connectivity index (χ0v) is 12.2. The lowest BCUT2D eigenvalue weighted by atomic mass is 10.2. The van der Waals surface area contributed by atoms with Crippen LogP contribution in [0.4, 0.5) is 15.8 Å². The minimum Gasteiger partial charge on any atom is -0.481 e. The van der Waals surface area contributed by atoms with Crippen LogP contribution in [-0.2, 0) is 4.79 Å². The molecule has 3 N–H and O–H groups in total. The first kappa shape index (κ1) is 13.7. The molecule has 21 heavy (non-hydrogen) atoms. The molecule has 1 amide bonds. The van der Waals surface area contributed by atoms with Gasteiger partial charge in [0.2, 0.25) is 0 Å². The van der Waals surface area contributed by atoms with Gasteiger partial charge in [-0.25, -0.2) is 4.39 Å². The van der Waals surface area contributed by atoms with E-state index < -0.39 is 0 Å². The first-order chi connectivity index (χ1) is 10.0. The van der Waals surface area contributed by atoms with Crippen LogP contribution in [0.15, 0.2) is 34.8 Å². The number of fused-ring (bicyclic) bond motifs is 1. The highest BCUT2D eigenvalue weighted by molar-refractivity contribution is 9.10. The van der Waals surface area contributed by atoms with Crippen molar-refractivity contribution < 1.29 is 18.7 Å². The van der Waals surface area contributed by atoms with Gasteiger partial charge in [-0.15, -0.1) is 0 Å². The van der Waals surface area contributed by atoms with Crippen molar-refractivity contribution in [2.24, 2.45) is 0 Å². The molecule has 2 aromatic carbocycles. The van der Waals surface area contributed by atoms with E-state index in [1.807, 2.05) is 0 Å². The number of amides is 1. The minimum absolute atomic E-state index is 0.0441. The van der Waals surface area contributed by atoms with Crippen molar-refractivity contribution in [1.82, 2.24) is 0 Å². The monoisotopic (exact) mass is 352 g/mol. The summed E-state index contributed by atoms with van der Waals surface area (Å²) in [4.78, 5) is 11.3. The third-order valence-electron chi connectivity index (χ3n) is 2.86. The molecule has 5 nitrogen and oxygen atoms in total. The van der Waals surface area contributed by atoms with E-state index >= 15 is 0 Å². The quantitative estimate of drug-likeness (QED) is 0.813. The summed E-state index contributed by atoms with van der Waals surface area (Å²) in [5.41, 5.74) is 6.73. The third kappa shape index (κ3) is 2.78.